The fourth-order valence-electron chi connectivity index (χ4n) is 5.29. The number of hydrogen-bond donors (Lipinski definition) is 1. The first-order valence-corrected chi connectivity index (χ1v) is 13.7. The van der Waals surface area contributed by atoms with Gasteiger partial charge in [-0.2, -0.15) is 0 Å². The van der Waals surface area contributed by atoms with Crippen LogP contribution in [0.3, 0.4) is 0 Å². The van der Waals surface area contributed by atoms with Crippen molar-refractivity contribution in [3.8, 4) is 5.88 Å². The molecule has 2 unspecified atom stereocenters. The number of nitrogens with zero attached hydrogens (tertiary/aromatic N) is 4. The molecule has 0 saturated carbocycles. The molecule has 0 aliphatic carbocycles. The number of fused-ring (bicyclic) bond motifs is 1. The van der Waals surface area contributed by atoms with E-state index in [2.05, 4.69) is 16.4 Å². The van der Waals surface area contributed by atoms with Crippen LogP contribution < -0.4 is 4.74 Å². The number of carboxylic acid groups (broad SMARTS) is 1. The largest absolute Gasteiger partial charge is 0.478 e. The highest BCUT2D eigenvalue weighted by Gasteiger charge is 2.29. The van der Waals surface area contributed by atoms with Crippen LogP contribution in [0.4, 0.5) is 4.39 Å². The van der Waals surface area contributed by atoms with E-state index in [1.807, 2.05) is 12.1 Å². The molecule has 210 valence electrons. The minimum absolute atomic E-state index is 0.0757. The van der Waals surface area contributed by atoms with Crippen LogP contribution in [0.1, 0.15) is 53.1 Å². The van der Waals surface area contributed by atoms with E-state index in [-0.39, 0.29) is 24.1 Å². The minimum Gasteiger partial charge on any atom is -0.478 e. The van der Waals surface area contributed by atoms with Gasteiger partial charge in [-0.25, -0.2) is 19.2 Å². The molecule has 2 atom stereocenters. The summed E-state index contributed by atoms with van der Waals surface area (Å²) in [5.74, 6) is 0.270. The zero-order valence-corrected chi connectivity index (χ0v) is 23.3. The number of likely N-dealkylation sites (tertiary alicyclic amines) is 1. The van der Waals surface area contributed by atoms with E-state index < -0.39 is 11.8 Å². The third-order valence-electron chi connectivity index (χ3n) is 7.51. The number of rotatable bonds is 10. The quantitative estimate of drug-likeness (QED) is 0.255. The Balaban J connectivity index is 1.26. The molecule has 0 spiro atoms. The van der Waals surface area contributed by atoms with Crippen LogP contribution in [0.2, 0.25) is 5.02 Å². The number of methoxy groups -OCH3 is 1. The number of aromatic carboxylic acids is 1. The average Bonchev–Trinajstić information content (AvgIpc) is 3.28. The van der Waals surface area contributed by atoms with Crippen LogP contribution in [0.5, 0.6) is 5.88 Å². The molecule has 40 heavy (non-hydrogen) atoms. The maximum atomic E-state index is 14.1. The van der Waals surface area contributed by atoms with Gasteiger partial charge in [0.25, 0.3) is 0 Å². The predicted molar refractivity (Wildman–Crippen MR) is 150 cm³/mol. The van der Waals surface area contributed by atoms with Crippen LogP contribution in [-0.2, 0) is 24.4 Å². The molecule has 8 nitrogen and oxygen atoms in total. The second-order valence-corrected chi connectivity index (χ2v) is 10.6. The van der Waals surface area contributed by atoms with Gasteiger partial charge >= 0.3 is 5.97 Å². The van der Waals surface area contributed by atoms with E-state index in [1.54, 1.807) is 43.5 Å². The summed E-state index contributed by atoms with van der Waals surface area (Å²) in [5.41, 5.74) is 3.21. The number of aromatic nitrogens is 3. The van der Waals surface area contributed by atoms with Crippen LogP contribution in [0.25, 0.3) is 11.0 Å². The molecule has 2 aromatic carbocycles. The van der Waals surface area contributed by atoms with Gasteiger partial charge in [0.05, 0.1) is 29.7 Å². The van der Waals surface area contributed by atoms with Crippen LogP contribution in [0, 0.1) is 5.82 Å². The highest BCUT2D eigenvalue weighted by Crippen LogP contribution is 2.33. The summed E-state index contributed by atoms with van der Waals surface area (Å²) in [6.07, 6.45) is 1.85. The summed E-state index contributed by atoms with van der Waals surface area (Å²) in [7, 11) is 1.65. The molecule has 1 fully saturated rings. The van der Waals surface area contributed by atoms with Crippen molar-refractivity contribution in [2.24, 2.45) is 0 Å². The molecule has 0 bridgehead atoms. The number of hydrogen-bond acceptors (Lipinski definition) is 6. The molecule has 4 aromatic rings. The number of imidazole rings is 1. The molecule has 0 radical (unpaired) electrons. The lowest BCUT2D eigenvalue weighted by molar-refractivity contribution is 0.0697. The van der Waals surface area contributed by atoms with Crippen LogP contribution in [0.15, 0.2) is 54.6 Å². The monoisotopic (exact) mass is 566 g/mol. The lowest BCUT2D eigenvalue weighted by Gasteiger charge is -2.37. The number of carboxylic acids is 1. The van der Waals surface area contributed by atoms with Gasteiger partial charge in [-0.3, -0.25) is 4.90 Å². The zero-order valence-electron chi connectivity index (χ0n) is 22.5. The number of halogens is 2. The summed E-state index contributed by atoms with van der Waals surface area (Å²) in [6.45, 7) is 4.89. The van der Waals surface area contributed by atoms with Gasteiger partial charge in [0, 0.05) is 48.0 Å². The van der Waals surface area contributed by atoms with Crippen LogP contribution in [-0.4, -0.2) is 56.8 Å². The fourth-order valence-corrected chi connectivity index (χ4v) is 5.45. The summed E-state index contributed by atoms with van der Waals surface area (Å²) >= 11 is 5.84. The van der Waals surface area contributed by atoms with Crippen molar-refractivity contribution in [3.05, 3.63) is 88.1 Å². The van der Waals surface area contributed by atoms with Gasteiger partial charge in [0.1, 0.15) is 18.2 Å². The fraction of sp³-hybridized carbons (Fsp3) is 0.367. The Bertz CT molecular complexity index is 1510. The van der Waals surface area contributed by atoms with Crippen molar-refractivity contribution in [1.82, 2.24) is 19.4 Å². The van der Waals surface area contributed by atoms with Gasteiger partial charge in [0.2, 0.25) is 5.88 Å². The van der Waals surface area contributed by atoms with Crippen molar-refractivity contribution in [2.75, 3.05) is 20.3 Å². The second kappa shape index (κ2) is 12.3. The van der Waals surface area contributed by atoms with Crippen LogP contribution >= 0.6 is 11.6 Å². The molecule has 0 amide bonds. The third-order valence-corrected chi connectivity index (χ3v) is 7.74. The number of pyridine rings is 1. The molecular formula is C30H32ClFN4O4. The first-order chi connectivity index (χ1) is 19.3. The Morgan fingerprint density at radius 3 is 2.77 bits per heavy atom. The van der Waals surface area contributed by atoms with E-state index in [9.17, 15) is 14.3 Å². The van der Waals surface area contributed by atoms with Gasteiger partial charge in [-0.15, -0.1) is 0 Å². The SMILES string of the molecule is COCCn1c(CN2CCC(c3cccc(OCc4ccc(Cl)cc4F)n3)CC2C)nc2ccc(C(=O)O)cc21. The number of ether oxygens (including phenoxy) is 2. The summed E-state index contributed by atoms with van der Waals surface area (Å²) in [4.78, 5) is 23.5. The predicted octanol–water partition coefficient (Wildman–Crippen LogP) is 5.92. The van der Waals surface area contributed by atoms with E-state index in [4.69, 9.17) is 31.0 Å². The maximum absolute atomic E-state index is 14.1. The Labute approximate surface area is 237 Å². The van der Waals surface area contributed by atoms with Gasteiger partial charge in [-0.05, 0) is 62.7 Å². The van der Waals surface area contributed by atoms with Crippen molar-refractivity contribution >= 4 is 28.6 Å². The Morgan fingerprint density at radius 2 is 2.02 bits per heavy atom. The Morgan fingerprint density at radius 1 is 1.18 bits per heavy atom. The number of carbonyl (C=O) groups is 1. The Kier molecular flexibility index (Phi) is 8.63. The molecular weight excluding hydrogens is 535 g/mol. The summed E-state index contributed by atoms with van der Waals surface area (Å²) in [5, 5.41) is 9.81. The maximum Gasteiger partial charge on any atom is 0.335 e. The van der Waals surface area contributed by atoms with E-state index in [0.29, 0.717) is 36.2 Å². The van der Waals surface area contributed by atoms with Crippen molar-refractivity contribution in [2.45, 2.75) is 51.4 Å². The van der Waals surface area contributed by atoms with Gasteiger partial charge in [-0.1, -0.05) is 23.7 Å². The first kappa shape index (κ1) is 28.0. The van der Waals surface area contributed by atoms with Crippen molar-refractivity contribution in [3.63, 3.8) is 0 Å². The number of piperidine rings is 1. The average molecular weight is 567 g/mol. The van der Waals surface area contributed by atoms with E-state index >= 15 is 0 Å². The van der Waals surface area contributed by atoms with E-state index in [1.165, 1.54) is 6.07 Å². The molecule has 3 heterocycles. The smallest absolute Gasteiger partial charge is 0.335 e. The normalized spacial score (nSPS) is 17.8. The van der Waals surface area contributed by atoms with Crippen molar-refractivity contribution in [1.29, 1.82) is 0 Å². The van der Waals surface area contributed by atoms with Gasteiger partial charge in [0.15, 0.2) is 0 Å². The summed E-state index contributed by atoms with van der Waals surface area (Å²) in [6, 6.07) is 15.6. The molecule has 2 aromatic heterocycles. The number of benzene rings is 2. The Hall–Kier alpha value is -3.53. The molecule has 1 saturated heterocycles. The highest BCUT2D eigenvalue weighted by atomic mass is 35.5. The highest BCUT2D eigenvalue weighted by molar-refractivity contribution is 6.30. The second-order valence-electron chi connectivity index (χ2n) is 10.1. The molecule has 1 N–H and O–H groups in total. The minimum atomic E-state index is -0.959. The lowest BCUT2D eigenvalue weighted by atomic mass is 9.88. The van der Waals surface area contributed by atoms with Gasteiger partial charge < -0.3 is 19.1 Å². The summed E-state index contributed by atoms with van der Waals surface area (Å²) < 4.78 is 27.3. The lowest BCUT2D eigenvalue weighted by Crippen LogP contribution is -2.40. The third kappa shape index (κ3) is 6.27. The van der Waals surface area contributed by atoms with E-state index in [0.717, 1.165) is 41.9 Å². The molecule has 5 rings (SSSR count). The topological polar surface area (TPSA) is 89.7 Å². The standard InChI is InChI=1S/C30H32ClFN4O4/c1-19-14-20(25-4-3-5-29(34-25)40-18-22-6-8-23(31)16-24(22)32)10-11-35(19)17-28-33-26-9-7-21(30(37)38)15-27(26)36(28)12-13-39-2/h3-9,15-16,19-20H,10-14,17-18H2,1-2H3,(H,37,38). The van der Waals surface area contributed by atoms with Crippen molar-refractivity contribution < 1.29 is 23.8 Å². The molecule has 10 heteroatoms. The molecule has 1 aliphatic rings. The molecule has 1 aliphatic heterocycles. The first-order valence-electron chi connectivity index (χ1n) is 13.3. The zero-order chi connectivity index (χ0) is 28.2.